The molecule has 0 bridgehead atoms. The number of nitrogens with two attached hydrogens (primary N) is 1. The van der Waals surface area contributed by atoms with Gasteiger partial charge in [-0.2, -0.15) is 5.26 Å². The number of furan rings is 1. The van der Waals surface area contributed by atoms with E-state index in [0.29, 0.717) is 17.1 Å². The maximum absolute atomic E-state index is 10.2. The van der Waals surface area contributed by atoms with Crippen LogP contribution in [0.4, 0.5) is 0 Å². The van der Waals surface area contributed by atoms with Gasteiger partial charge in [-0.25, -0.2) is 0 Å². The van der Waals surface area contributed by atoms with Crippen molar-refractivity contribution in [2.24, 2.45) is 5.73 Å². The fourth-order valence-electron chi connectivity index (χ4n) is 2.44. The van der Waals surface area contributed by atoms with E-state index in [9.17, 15) is 10.4 Å². The molecule has 2 heterocycles. The molecule has 5 nitrogen and oxygen atoms in total. The van der Waals surface area contributed by atoms with Crippen LogP contribution in [0.1, 0.15) is 22.8 Å². The van der Waals surface area contributed by atoms with Crippen molar-refractivity contribution >= 4 is 0 Å². The highest BCUT2D eigenvalue weighted by Gasteiger charge is 2.34. The van der Waals surface area contributed by atoms with Gasteiger partial charge in [0.2, 0.25) is 5.88 Å². The first-order valence-electron chi connectivity index (χ1n) is 6.06. The van der Waals surface area contributed by atoms with Crippen LogP contribution in [-0.2, 0) is 0 Å². The Balaban J connectivity index is 2.29. The van der Waals surface area contributed by atoms with Gasteiger partial charge in [0, 0.05) is 0 Å². The second-order valence-electron chi connectivity index (χ2n) is 4.64. The topological polar surface area (TPSA) is 92.4 Å². The molecule has 1 atom stereocenters. The maximum Gasteiger partial charge on any atom is 0.205 e. The van der Waals surface area contributed by atoms with Gasteiger partial charge in [0.25, 0.3) is 0 Å². The number of aromatic hydroxyl groups is 1. The van der Waals surface area contributed by atoms with Gasteiger partial charge < -0.3 is 20.0 Å². The Morgan fingerprint density at radius 1 is 1.40 bits per heavy atom. The third-order valence-electron chi connectivity index (χ3n) is 3.28. The van der Waals surface area contributed by atoms with Crippen molar-refractivity contribution in [3.8, 4) is 17.6 Å². The lowest BCUT2D eigenvalue weighted by Gasteiger charge is -2.25. The van der Waals surface area contributed by atoms with Crippen LogP contribution in [0, 0.1) is 18.3 Å². The van der Waals surface area contributed by atoms with Crippen LogP contribution in [0.2, 0.25) is 0 Å². The normalized spacial score (nSPS) is 17.3. The number of nitrogens with zero attached hydrogens (tertiary/aromatic N) is 1. The van der Waals surface area contributed by atoms with Crippen molar-refractivity contribution < 1.29 is 14.3 Å². The molecule has 5 heteroatoms. The Kier molecular flexibility index (Phi) is 2.65. The number of allylic oxidation sites excluding steroid dienone is 1. The monoisotopic (exact) mass is 268 g/mol. The molecule has 0 fully saturated rings. The first-order chi connectivity index (χ1) is 9.61. The zero-order valence-electron chi connectivity index (χ0n) is 10.8. The molecule has 20 heavy (non-hydrogen) atoms. The molecule has 1 unspecified atom stereocenters. The van der Waals surface area contributed by atoms with Crippen LogP contribution in [0.5, 0.6) is 11.5 Å². The number of nitriles is 1. The van der Waals surface area contributed by atoms with Crippen molar-refractivity contribution in [1.29, 1.82) is 5.26 Å². The summed E-state index contributed by atoms with van der Waals surface area (Å²) in [6.07, 6.45) is 1.51. The molecule has 0 saturated carbocycles. The molecular formula is C15H12N2O3. The summed E-state index contributed by atoms with van der Waals surface area (Å²) in [7, 11) is 0. The van der Waals surface area contributed by atoms with Crippen molar-refractivity contribution in [3.05, 3.63) is 58.9 Å². The van der Waals surface area contributed by atoms with Crippen LogP contribution in [-0.4, -0.2) is 5.11 Å². The van der Waals surface area contributed by atoms with E-state index in [2.05, 4.69) is 0 Å². The highest BCUT2D eigenvalue weighted by atomic mass is 16.5. The van der Waals surface area contributed by atoms with E-state index in [0.717, 1.165) is 5.56 Å². The highest BCUT2D eigenvalue weighted by Crippen LogP contribution is 2.46. The molecular weight excluding hydrogens is 256 g/mol. The summed E-state index contributed by atoms with van der Waals surface area (Å²) in [5, 5.41) is 19.5. The molecule has 0 radical (unpaired) electrons. The van der Waals surface area contributed by atoms with Gasteiger partial charge in [-0.3, -0.25) is 0 Å². The molecule has 0 spiro atoms. The number of rotatable bonds is 1. The summed E-state index contributed by atoms with van der Waals surface area (Å²) in [4.78, 5) is 0. The molecule has 0 saturated heterocycles. The Morgan fingerprint density at radius 3 is 2.85 bits per heavy atom. The maximum atomic E-state index is 10.2. The lowest BCUT2D eigenvalue weighted by atomic mass is 9.86. The fraction of sp³-hybridized carbons (Fsp3) is 0.133. The number of benzene rings is 1. The molecule has 3 rings (SSSR count). The first kappa shape index (κ1) is 12.2. The summed E-state index contributed by atoms with van der Waals surface area (Å²) < 4.78 is 10.8. The van der Waals surface area contributed by atoms with Crippen LogP contribution >= 0.6 is 0 Å². The van der Waals surface area contributed by atoms with Gasteiger partial charge >= 0.3 is 0 Å². The largest absolute Gasteiger partial charge is 0.507 e. The molecule has 1 aromatic carbocycles. The van der Waals surface area contributed by atoms with Gasteiger partial charge in [-0.15, -0.1) is 0 Å². The quantitative estimate of drug-likeness (QED) is 0.829. The van der Waals surface area contributed by atoms with E-state index in [1.807, 2.05) is 13.0 Å². The zero-order chi connectivity index (χ0) is 14.3. The lowest BCUT2D eigenvalue weighted by Crippen LogP contribution is -2.21. The minimum atomic E-state index is -0.556. The number of phenols is 1. The molecule has 1 aliphatic rings. The molecule has 1 aliphatic heterocycles. The van der Waals surface area contributed by atoms with Crippen LogP contribution in [0.15, 0.2) is 46.4 Å². The number of aryl methyl sites for hydroxylation is 1. The third-order valence-corrected chi connectivity index (χ3v) is 3.28. The van der Waals surface area contributed by atoms with Crippen molar-refractivity contribution in [2.45, 2.75) is 12.8 Å². The molecule has 3 N–H and O–H groups in total. The summed E-state index contributed by atoms with van der Waals surface area (Å²) in [5.74, 6) is 0.515. The van der Waals surface area contributed by atoms with Crippen molar-refractivity contribution in [3.63, 3.8) is 0 Å². The van der Waals surface area contributed by atoms with E-state index in [1.54, 1.807) is 24.3 Å². The second kappa shape index (κ2) is 4.35. The molecule has 100 valence electrons. The SMILES string of the molecule is Cc1cc(O)c2c(c1)OC(N)=C(C#N)C2c1ccco1. The number of hydrogen-bond acceptors (Lipinski definition) is 5. The minimum absolute atomic E-state index is 0.0337. The number of phenolic OH excluding ortho intramolecular Hbond substituents is 1. The Bertz CT molecular complexity index is 739. The van der Waals surface area contributed by atoms with E-state index in [-0.39, 0.29) is 17.2 Å². The van der Waals surface area contributed by atoms with Gasteiger partial charge in [0.05, 0.1) is 17.7 Å². The third kappa shape index (κ3) is 1.70. The zero-order valence-corrected chi connectivity index (χ0v) is 10.8. The van der Waals surface area contributed by atoms with E-state index >= 15 is 0 Å². The number of fused-ring (bicyclic) bond motifs is 1. The molecule has 0 aliphatic carbocycles. The van der Waals surface area contributed by atoms with E-state index in [4.69, 9.17) is 14.9 Å². The summed E-state index contributed by atoms with van der Waals surface area (Å²) in [6.45, 7) is 1.84. The van der Waals surface area contributed by atoms with Crippen molar-refractivity contribution in [2.75, 3.05) is 0 Å². The van der Waals surface area contributed by atoms with Gasteiger partial charge in [-0.05, 0) is 36.8 Å². The predicted octanol–water partition coefficient (Wildman–Crippen LogP) is 2.51. The standard InChI is InChI=1S/C15H12N2O3/c1-8-5-10(18)14-12(6-8)20-15(17)9(7-16)13(14)11-3-2-4-19-11/h2-6,13,18H,17H2,1H3. The second-order valence-corrected chi connectivity index (χ2v) is 4.64. The molecule has 0 amide bonds. The number of ether oxygens (including phenoxy) is 1. The van der Waals surface area contributed by atoms with Gasteiger partial charge in [0.1, 0.15) is 28.9 Å². The number of hydrogen-bond donors (Lipinski definition) is 2. The van der Waals surface area contributed by atoms with Crippen LogP contribution in [0.25, 0.3) is 0 Å². The average molecular weight is 268 g/mol. The summed E-state index contributed by atoms with van der Waals surface area (Å²) >= 11 is 0. The van der Waals surface area contributed by atoms with E-state index in [1.165, 1.54) is 6.26 Å². The minimum Gasteiger partial charge on any atom is -0.507 e. The smallest absolute Gasteiger partial charge is 0.205 e. The lowest BCUT2D eigenvalue weighted by molar-refractivity contribution is 0.372. The average Bonchev–Trinajstić information content (AvgIpc) is 2.90. The summed E-state index contributed by atoms with van der Waals surface area (Å²) in [6, 6.07) is 8.89. The molecule has 2 aromatic rings. The van der Waals surface area contributed by atoms with Gasteiger partial charge in [0.15, 0.2) is 0 Å². The first-order valence-corrected chi connectivity index (χ1v) is 6.06. The Morgan fingerprint density at radius 2 is 2.20 bits per heavy atom. The van der Waals surface area contributed by atoms with Crippen molar-refractivity contribution in [1.82, 2.24) is 0 Å². The van der Waals surface area contributed by atoms with Gasteiger partial charge in [-0.1, -0.05) is 0 Å². The van der Waals surface area contributed by atoms with Crippen LogP contribution in [0.3, 0.4) is 0 Å². The van der Waals surface area contributed by atoms with E-state index < -0.39 is 5.92 Å². The summed E-state index contributed by atoms with van der Waals surface area (Å²) in [5.41, 5.74) is 7.38. The Labute approximate surface area is 115 Å². The highest BCUT2D eigenvalue weighted by molar-refractivity contribution is 5.59. The van der Waals surface area contributed by atoms with Crippen LogP contribution < -0.4 is 10.5 Å². The molecule has 1 aromatic heterocycles. The fourth-order valence-corrected chi connectivity index (χ4v) is 2.44. The predicted molar refractivity (Wildman–Crippen MR) is 70.8 cm³/mol. The Hall–Kier alpha value is -2.87.